The molecule has 0 heterocycles. The summed E-state index contributed by atoms with van der Waals surface area (Å²) in [6.45, 7) is 0. The second kappa shape index (κ2) is 16.9. The average Bonchev–Trinajstić information content (AvgIpc) is 1.25. The molecule has 0 N–H and O–H groups in total. The molecule has 0 saturated heterocycles. The minimum atomic E-state index is -3.11. The van der Waals surface area contributed by atoms with Crippen LogP contribution in [0.1, 0.15) is 0 Å². The Morgan fingerprint density at radius 1 is 0.800 bits per heavy atom. The van der Waals surface area contributed by atoms with Crippen LogP contribution in [0.15, 0.2) is 0 Å². The first kappa shape index (κ1) is 22.6. The Morgan fingerprint density at radius 2 is 0.800 bits per heavy atom. The zero-order valence-corrected chi connectivity index (χ0v) is 11.8. The van der Waals surface area contributed by atoms with E-state index in [4.69, 9.17) is 26.6 Å². The molecule has 0 rings (SSSR count). The second-order valence-corrected chi connectivity index (χ2v) is 1.22. The van der Waals surface area contributed by atoms with E-state index < -0.39 is 22.7 Å². The van der Waals surface area contributed by atoms with Gasteiger partial charge >= 0.3 is 44.4 Å². The van der Waals surface area contributed by atoms with Gasteiger partial charge in [-0.1, -0.05) is 0 Å². The molecule has 0 spiro atoms. The summed E-state index contributed by atoms with van der Waals surface area (Å²) in [4.78, 5) is 0. The second-order valence-electron chi connectivity index (χ2n) is 0.408. The SMILES string of the molecule is O=S([O-])[O-].O=S([O-])[O-].[Cd+2].[Se+2]. The van der Waals surface area contributed by atoms with Crippen LogP contribution >= 0.6 is 0 Å². The Hall–Kier alpha value is 1.58. The van der Waals surface area contributed by atoms with Gasteiger partial charge in [-0.05, 0) is 0 Å². The first-order valence-corrected chi connectivity index (χ1v) is 3.00. The molecule has 56 valence electrons. The summed E-state index contributed by atoms with van der Waals surface area (Å²) in [5.74, 6) is 0. The Bertz CT molecular complexity index is 73.7. The van der Waals surface area contributed by atoms with Crippen LogP contribution in [0.5, 0.6) is 0 Å². The van der Waals surface area contributed by atoms with E-state index in [0.717, 1.165) is 0 Å². The maximum absolute atomic E-state index is 8.44. The van der Waals surface area contributed by atoms with Gasteiger partial charge in [0, 0.05) is 0 Å². The third-order valence-corrected chi connectivity index (χ3v) is 0. The van der Waals surface area contributed by atoms with E-state index in [-0.39, 0.29) is 44.4 Å². The normalized spacial score (nSPS) is 7.00. The van der Waals surface area contributed by atoms with Gasteiger partial charge in [0.25, 0.3) is 0 Å². The van der Waals surface area contributed by atoms with E-state index in [2.05, 4.69) is 0 Å². The van der Waals surface area contributed by atoms with Gasteiger partial charge in [-0.25, -0.2) is 0 Å². The molecule has 10 heavy (non-hydrogen) atoms. The van der Waals surface area contributed by atoms with Crippen molar-refractivity contribution in [1.29, 1.82) is 0 Å². The molecule has 0 unspecified atom stereocenters. The number of hydrogen-bond acceptors (Lipinski definition) is 6. The molecule has 0 aromatic heterocycles. The average molecular weight is 351 g/mol. The first-order chi connectivity index (χ1) is 3.46. The summed E-state index contributed by atoms with van der Waals surface area (Å²) in [5, 5.41) is 0. The Balaban J connectivity index is -0.0000000300. The Labute approximate surface area is 93.0 Å². The molecule has 0 aliphatic rings. The van der Waals surface area contributed by atoms with Crippen LogP contribution in [0.25, 0.3) is 0 Å². The van der Waals surface area contributed by atoms with Gasteiger partial charge in [0.05, 0.1) is 0 Å². The Morgan fingerprint density at radius 3 is 0.800 bits per heavy atom. The van der Waals surface area contributed by atoms with Gasteiger partial charge in [-0.3, -0.25) is 8.42 Å². The minimum Gasteiger partial charge on any atom is -0.784 e. The van der Waals surface area contributed by atoms with Gasteiger partial charge in [-0.15, -0.1) is 22.7 Å². The van der Waals surface area contributed by atoms with Crippen molar-refractivity contribution >= 4 is 39.8 Å². The van der Waals surface area contributed by atoms with E-state index in [0.29, 0.717) is 0 Å². The molecule has 4 radical (unpaired) electrons. The third-order valence-electron chi connectivity index (χ3n) is 0. The summed E-state index contributed by atoms with van der Waals surface area (Å²) in [5.41, 5.74) is 0. The van der Waals surface area contributed by atoms with Crippen molar-refractivity contribution in [1.82, 2.24) is 0 Å². The van der Waals surface area contributed by atoms with Crippen molar-refractivity contribution in [2.24, 2.45) is 0 Å². The van der Waals surface area contributed by atoms with Crippen molar-refractivity contribution < 1.29 is 53.9 Å². The predicted octanol–water partition coefficient (Wildman–Crippen LogP) is -2.39. The maximum Gasteiger partial charge on any atom is 2.00 e. The van der Waals surface area contributed by atoms with Crippen LogP contribution in [0.2, 0.25) is 0 Å². The van der Waals surface area contributed by atoms with Crippen LogP contribution in [0.3, 0.4) is 0 Å². The molecule has 0 amide bonds. The van der Waals surface area contributed by atoms with E-state index in [1.54, 1.807) is 0 Å². The monoisotopic (exact) mass is 354 g/mol. The van der Waals surface area contributed by atoms with E-state index >= 15 is 0 Å². The van der Waals surface area contributed by atoms with Crippen LogP contribution in [0.4, 0.5) is 0 Å². The predicted molar refractivity (Wildman–Crippen MR) is 25.1 cm³/mol. The minimum absolute atomic E-state index is 0. The third kappa shape index (κ3) is 282. The fraction of sp³-hybridized carbons (Fsp3) is 0. The molecular weight excluding hydrogens is 351 g/mol. The summed E-state index contributed by atoms with van der Waals surface area (Å²) < 4.78 is 50.7. The Kier molecular flexibility index (Phi) is 38.1. The van der Waals surface area contributed by atoms with Gasteiger partial charge in [-0.2, -0.15) is 0 Å². The molecule has 0 aliphatic carbocycles. The standard InChI is InChI=1S/Cd.2H2O3S.Se/c;2*1-4(2)3;/h;2*(H2,1,2,3);/q+2;;;+2/p-4. The van der Waals surface area contributed by atoms with Crippen molar-refractivity contribution in [3.05, 3.63) is 0 Å². The molecule has 0 saturated carbocycles. The van der Waals surface area contributed by atoms with Gasteiger partial charge in [0.15, 0.2) is 0 Å². The molecule has 0 fully saturated rings. The zero-order chi connectivity index (χ0) is 7.15. The molecule has 0 bridgehead atoms. The summed E-state index contributed by atoms with van der Waals surface area (Å²) >= 11 is -6.22. The zero-order valence-electron chi connectivity index (χ0n) is 4.38. The fourth-order valence-corrected chi connectivity index (χ4v) is 0. The van der Waals surface area contributed by atoms with E-state index in [1.807, 2.05) is 0 Å². The molecule has 10 heteroatoms. The van der Waals surface area contributed by atoms with Crippen LogP contribution in [-0.2, 0) is 50.0 Å². The van der Waals surface area contributed by atoms with Crippen molar-refractivity contribution in [2.45, 2.75) is 0 Å². The van der Waals surface area contributed by atoms with Crippen molar-refractivity contribution in [3.63, 3.8) is 0 Å². The molecule has 0 aromatic carbocycles. The fourth-order valence-electron chi connectivity index (χ4n) is 0. The van der Waals surface area contributed by atoms with Gasteiger partial charge < -0.3 is 18.2 Å². The number of hydrogen-bond donors (Lipinski definition) is 0. The molecule has 0 aliphatic heterocycles. The summed E-state index contributed by atoms with van der Waals surface area (Å²) in [6.07, 6.45) is 0. The van der Waals surface area contributed by atoms with Crippen LogP contribution in [-0.4, -0.2) is 43.7 Å². The quantitative estimate of drug-likeness (QED) is 0.354. The van der Waals surface area contributed by atoms with Crippen LogP contribution < -0.4 is 0 Å². The van der Waals surface area contributed by atoms with E-state index in [9.17, 15) is 0 Å². The summed E-state index contributed by atoms with van der Waals surface area (Å²) in [7, 11) is 0. The summed E-state index contributed by atoms with van der Waals surface area (Å²) in [6, 6.07) is 0. The first-order valence-electron chi connectivity index (χ1n) is 1.00. The van der Waals surface area contributed by atoms with Crippen molar-refractivity contribution in [3.8, 4) is 0 Å². The van der Waals surface area contributed by atoms with Crippen LogP contribution in [0, 0.1) is 0 Å². The smallest absolute Gasteiger partial charge is 0.784 e. The largest absolute Gasteiger partial charge is 2.00 e. The topological polar surface area (TPSA) is 126 Å². The molecule has 0 atom stereocenters. The van der Waals surface area contributed by atoms with Gasteiger partial charge in [0.1, 0.15) is 0 Å². The maximum atomic E-state index is 8.44. The molecular formula is CdO6S2Se. The van der Waals surface area contributed by atoms with Crippen molar-refractivity contribution in [2.75, 3.05) is 0 Å². The number of rotatable bonds is 0. The molecule has 6 nitrogen and oxygen atoms in total. The van der Waals surface area contributed by atoms with Gasteiger partial charge in [0.2, 0.25) is 0 Å². The molecule has 0 aromatic rings. The van der Waals surface area contributed by atoms with E-state index in [1.165, 1.54) is 0 Å².